The fourth-order valence-electron chi connectivity index (χ4n) is 2.31. The molecule has 3 rings (SSSR count). The molecule has 0 unspecified atom stereocenters. The van der Waals surface area contributed by atoms with Gasteiger partial charge < -0.3 is 9.47 Å². The second-order valence-corrected chi connectivity index (χ2v) is 4.52. The molecule has 1 aromatic rings. The number of hydrogen-bond acceptors (Lipinski definition) is 5. The highest BCUT2D eigenvalue weighted by Gasteiger charge is 2.22. The molecule has 0 N–H and O–H groups in total. The van der Waals surface area contributed by atoms with Gasteiger partial charge in [-0.15, -0.1) is 0 Å². The van der Waals surface area contributed by atoms with Crippen LogP contribution in [0.15, 0.2) is 12.1 Å². The van der Waals surface area contributed by atoms with Crippen LogP contribution in [0.3, 0.4) is 0 Å². The standard InChI is InChI=1S/C13H13NO4/c15-7-10-4-13-12(17-8-18-13)3-9(10)5-14-2-1-11(16)6-14/h3-4,7H,1-2,5-6,8H2. The van der Waals surface area contributed by atoms with Crippen molar-refractivity contribution in [2.75, 3.05) is 19.9 Å². The number of benzene rings is 1. The van der Waals surface area contributed by atoms with E-state index in [2.05, 4.69) is 0 Å². The topological polar surface area (TPSA) is 55.8 Å². The number of ether oxygens (including phenoxy) is 2. The van der Waals surface area contributed by atoms with Gasteiger partial charge in [-0.3, -0.25) is 14.5 Å². The van der Waals surface area contributed by atoms with E-state index in [9.17, 15) is 9.59 Å². The molecule has 2 aliphatic rings. The van der Waals surface area contributed by atoms with Crippen LogP contribution in [0, 0.1) is 0 Å². The monoisotopic (exact) mass is 247 g/mol. The Kier molecular flexibility index (Phi) is 2.76. The van der Waals surface area contributed by atoms with Crippen molar-refractivity contribution in [1.29, 1.82) is 0 Å². The smallest absolute Gasteiger partial charge is 0.231 e. The molecule has 0 amide bonds. The fourth-order valence-corrected chi connectivity index (χ4v) is 2.31. The highest BCUT2D eigenvalue weighted by atomic mass is 16.7. The molecule has 0 saturated carbocycles. The Balaban J connectivity index is 1.86. The molecule has 5 nitrogen and oxygen atoms in total. The minimum atomic E-state index is 0.194. The van der Waals surface area contributed by atoms with Gasteiger partial charge in [-0.1, -0.05) is 0 Å². The molecule has 1 saturated heterocycles. The molecule has 2 heterocycles. The number of carbonyl (C=O) groups excluding carboxylic acids is 2. The zero-order valence-electron chi connectivity index (χ0n) is 9.85. The Morgan fingerprint density at radius 1 is 1.28 bits per heavy atom. The third-order valence-corrected chi connectivity index (χ3v) is 3.26. The quantitative estimate of drug-likeness (QED) is 0.746. The summed E-state index contributed by atoms with van der Waals surface area (Å²) in [6.45, 7) is 2.01. The van der Waals surface area contributed by atoms with Gasteiger partial charge in [-0.25, -0.2) is 0 Å². The predicted molar refractivity (Wildman–Crippen MR) is 62.9 cm³/mol. The summed E-state index contributed by atoms with van der Waals surface area (Å²) in [5.74, 6) is 1.53. The van der Waals surface area contributed by atoms with Crippen LogP contribution in [-0.4, -0.2) is 36.9 Å². The summed E-state index contributed by atoms with van der Waals surface area (Å²) in [5, 5.41) is 0. The number of aldehydes is 1. The highest BCUT2D eigenvalue weighted by Crippen LogP contribution is 2.34. The Hall–Kier alpha value is -1.88. The number of rotatable bonds is 3. The van der Waals surface area contributed by atoms with Crippen LogP contribution in [0.4, 0.5) is 0 Å². The van der Waals surface area contributed by atoms with E-state index in [0.29, 0.717) is 36.6 Å². The molecular formula is C13H13NO4. The summed E-state index contributed by atoms with van der Waals surface area (Å²) < 4.78 is 10.5. The molecule has 1 fully saturated rings. The number of Topliss-reactive ketones (excluding diaryl/α,β-unsaturated/α-hetero) is 1. The molecule has 2 aliphatic heterocycles. The minimum absolute atomic E-state index is 0.194. The Labute approximate surface area is 104 Å². The number of likely N-dealkylation sites (tertiary alicyclic amines) is 1. The van der Waals surface area contributed by atoms with Gasteiger partial charge in [0.15, 0.2) is 17.8 Å². The van der Waals surface area contributed by atoms with E-state index >= 15 is 0 Å². The normalized spacial score (nSPS) is 18.3. The van der Waals surface area contributed by atoms with E-state index in [1.807, 2.05) is 11.0 Å². The maximum atomic E-state index is 11.2. The second kappa shape index (κ2) is 4.42. The summed E-state index contributed by atoms with van der Waals surface area (Å²) in [6.07, 6.45) is 1.41. The number of hydrogen-bond donors (Lipinski definition) is 0. The first-order chi connectivity index (χ1) is 8.76. The highest BCUT2D eigenvalue weighted by molar-refractivity contribution is 5.83. The molecule has 18 heavy (non-hydrogen) atoms. The van der Waals surface area contributed by atoms with Crippen molar-refractivity contribution in [3.63, 3.8) is 0 Å². The van der Waals surface area contributed by atoms with Crippen LogP contribution in [-0.2, 0) is 11.3 Å². The van der Waals surface area contributed by atoms with Crippen molar-refractivity contribution >= 4 is 12.1 Å². The molecule has 5 heteroatoms. The second-order valence-electron chi connectivity index (χ2n) is 4.52. The SMILES string of the molecule is O=Cc1cc2c(cc1CN1CCC(=O)C1)OCO2. The van der Waals surface area contributed by atoms with Crippen LogP contribution < -0.4 is 9.47 Å². The number of nitrogens with zero attached hydrogens (tertiary/aromatic N) is 1. The number of ketones is 1. The number of fused-ring (bicyclic) bond motifs is 1. The lowest BCUT2D eigenvalue weighted by Crippen LogP contribution is -2.20. The average molecular weight is 247 g/mol. The molecule has 0 atom stereocenters. The van der Waals surface area contributed by atoms with E-state index in [4.69, 9.17) is 9.47 Å². The lowest BCUT2D eigenvalue weighted by atomic mass is 10.1. The van der Waals surface area contributed by atoms with Gasteiger partial charge in [0.25, 0.3) is 0 Å². The van der Waals surface area contributed by atoms with E-state index in [1.54, 1.807) is 6.07 Å². The summed E-state index contributed by atoms with van der Waals surface area (Å²) in [5.41, 5.74) is 1.47. The van der Waals surface area contributed by atoms with E-state index < -0.39 is 0 Å². The zero-order valence-corrected chi connectivity index (χ0v) is 9.85. The first-order valence-corrected chi connectivity index (χ1v) is 5.88. The van der Waals surface area contributed by atoms with Crippen molar-refractivity contribution in [3.8, 4) is 11.5 Å². The molecular weight excluding hydrogens is 234 g/mol. The van der Waals surface area contributed by atoms with Gasteiger partial charge in [0.2, 0.25) is 6.79 Å². The van der Waals surface area contributed by atoms with Gasteiger partial charge in [0, 0.05) is 25.1 Å². The van der Waals surface area contributed by atoms with Gasteiger partial charge in [0.1, 0.15) is 5.78 Å². The molecule has 0 aromatic heterocycles. The lowest BCUT2D eigenvalue weighted by molar-refractivity contribution is -0.116. The average Bonchev–Trinajstić information content (AvgIpc) is 2.97. The van der Waals surface area contributed by atoms with Crippen LogP contribution >= 0.6 is 0 Å². The Bertz CT molecular complexity index is 512. The van der Waals surface area contributed by atoms with Crippen molar-refractivity contribution in [3.05, 3.63) is 23.3 Å². The minimum Gasteiger partial charge on any atom is -0.454 e. The predicted octanol–water partition coefficient (Wildman–Crippen LogP) is 1.00. The van der Waals surface area contributed by atoms with Gasteiger partial charge in [-0.05, 0) is 17.7 Å². The zero-order chi connectivity index (χ0) is 12.5. The van der Waals surface area contributed by atoms with Gasteiger partial charge >= 0.3 is 0 Å². The van der Waals surface area contributed by atoms with Crippen molar-refractivity contribution in [2.45, 2.75) is 13.0 Å². The molecule has 1 aromatic carbocycles. The van der Waals surface area contributed by atoms with Gasteiger partial charge in [0.05, 0.1) is 6.54 Å². The summed E-state index contributed by atoms with van der Waals surface area (Å²) in [6, 6.07) is 3.53. The summed E-state index contributed by atoms with van der Waals surface area (Å²) in [7, 11) is 0. The first kappa shape index (κ1) is 11.2. The maximum Gasteiger partial charge on any atom is 0.231 e. The molecule has 0 radical (unpaired) electrons. The lowest BCUT2D eigenvalue weighted by Gasteiger charge is -2.15. The van der Waals surface area contributed by atoms with Crippen molar-refractivity contribution in [1.82, 2.24) is 4.90 Å². The van der Waals surface area contributed by atoms with Crippen LogP contribution in [0.2, 0.25) is 0 Å². The maximum absolute atomic E-state index is 11.2. The number of carbonyl (C=O) groups is 2. The fraction of sp³-hybridized carbons (Fsp3) is 0.385. The largest absolute Gasteiger partial charge is 0.454 e. The summed E-state index contributed by atoms with van der Waals surface area (Å²) >= 11 is 0. The van der Waals surface area contributed by atoms with Crippen molar-refractivity contribution < 1.29 is 19.1 Å². The molecule has 94 valence electrons. The summed E-state index contributed by atoms with van der Waals surface area (Å²) in [4.78, 5) is 24.3. The third kappa shape index (κ3) is 1.97. The van der Waals surface area contributed by atoms with Crippen LogP contribution in [0.25, 0.3) is 0 Å². The Morgan fingerprint density at radius 3 is 2.72 bits per heavy atom. The van der Waals surface area contributed by atoms with Crippen molar-refractivity contribution in [2.24, 2.45) is 0 Å². The van der Waals surface area contributed by atoms with E-state index in [1.165, 1.54) is 0 Å². The van der Waals surface area contributed by atoms with Crippen LogP contribution in [0.1, 0.15) is 22.3 Å². The third-order valence-electron chi connectivity index (χ3n) is 3.26. The van der Waals surface area contributed by atoms with E-state index in [0.717, 1.165) is 18.4 Å². The first-order valence-electron chi connectivity index (χ1n) is 5.88. The van der Waals surface area contributed by atoms with Crippen LogP contribution in [0.5, 0.6) is 11.5 Å². The molecule has 0 spiro atoms. The van der Waals surface area contributed by atoms with Gasteiger partial charge in [-0.2, -0.15) is 0 Å². The molecule has 0 bridgehead atoms. The van der Waals surface area contributed by atoms with E-state index in [-0.39, 0.29) is 12.6 Å². The molecule has 0 aliphatic carbocycles. The Morgan fingerprint density at radius 2 is 2.06 bits per heavy atom.